The summed E-state index contributed by atoms with van der Waals surface area (Å²) in [6.07, 6.45) is 4.14. The van der Waals surface area contributed by atoms with E-state index >= 15 is 0 Å². The summed E-state index contributed by atoms with van der Waals surface area (Å²) in [6, 6.07) is 24.1. The van der Waals surface area contributed by atoms with E-state index in [0.29, 0.717) is 12.6 Å². The first-order valence-corrected chi connectivity index (χ1v) is 13.9. The first-order valence-electron chi connectivity index (χ1n) is 13.5. The van der Waals surface area contributed by atoms with Gasteiger partial charge in [-0.15, -0.1) is 0 Å². The molecule has 0 radical (unpaired) electrons. The van der Waals surface area contributed by atoms with Crippen molar-refractivity contribution in [2.75, 3.05) is 24.6 Å². The largest absolute Gasteiger partial charge is 0.493 e. The van der Waals surface area contributed by atoms with Crippen LogP contribution in [-0.2, 0) is 11.3 Å². The number of aromatic nitrogens is 1. The van der Waals surface area contributed by atoms with Crippen molar-refractivity contribution in [3.05, 3.63) is 94.1 Å². The van der Waals surface area contributed by atoms with Crippen molar-refractivity contribution in [2.45, 2.75) is 50.8 Å². The van der Waals surface area contributed by atoms with Gasteiger partial charge in [0.25, 0.3) is 0 Å². The van der Waals surface area contributed by atoms with Crippen molar-refractivity contribution in [3.63, 3.8) is 0 Å². The average molecular weight is 531 g/mol. The summed E-state index contributed by atoms with van der Waals surface area (Å²) in [5.41, 5.74) is 7.40. The molecule has 0 amide bonds. The number of fused-ring (bicyclic) bond motifs is 3. The fraction of sp³-hybridized carbons (Fsp3) is 0.355. The molecule has 2 heterocycles. The number of halogens is 1. The number of H-pyrrole nitrogens is 1. The molecule has 3 aromatic carbocycles. The van der Waals surface area contributed by atoms with Crippen molar-refractivity contribution in [3.8, 4) is 5.75 Å². The Bertz CT molecular complexity index is 1380. The van der Waals surface area contributed by atoms with Gasteiger partial charge >= 0.3 is 0 Å². The lowest BCUT2D eigenvalue weighted by Crippen LogP contribution is -2.36. The molecule has 1 aliphatic heterocycles. The minimum absolute atomic E-state index is 0.0471. The van der Waals surface area contributed by atoms with Crippen LogP contribution in [0.3, 0.4) is 0 Å². The number of aryl methyl sites for hydroxylation is 1. The highest BCUT2D eigenvalue weighted by molar-refractivity contribution is 6.31. The predicted octanol–water partition coefficient (Wildman–Crippen LogP) is 6.06. The van der Waals surface area contributed by atoms with Gasteiger partial charge in [0.15, 0.2) is 0 Å². The number of nitrogens with one attached hydrogen (secondary N) is 2. The molecule has 198 valence electrons. The highest BCUT2D eigenvalue weighted by Gasteiger charge is 2.32. The summed E-state index contributed by atoms with van der Waals surface area (Å²) >= 11 is 6.38. The van der Waals surface area contributed by atoms with Crippen LogP contribution in [0.15, 0.2) is 66.7 Å². The van der Waals surface area contributed by atoms with Gasteiger partial charge in [0.2, 0.25) is 0 Å². The summed E-state index contributed by atoms with van der Waals surface area (Å²) in [6.45, 7) is 4.37. The molecule has 6 nitrogen and oxygen atoms in total. The molecule has 7 heteroatoms. The smallest absolute Gasteiger partial charge is 0.119 e. The third-order valence-electron chi connectivity index (χ3n) is 7.76. The molecule has 38 heavy (non-hydrogen) atoms. The van der Waals surface area contributed by atoms with E-state index in [2.05, 4.69) is 82.8 Å². The first-order chi connectivity index (χ1) is 18.6. The van der Waals surface area contributed by atoms with Gasteiger partial charge in [-0.3, -0.25) is 4.84 Å². The summed E-state index contributed by atoms with van der Waals surface area (Å²) < 4.78 is 6.06. The van der Waals surface area contributed by atoms with Gasteiger partial charge in [-0.1, -0.05) is 41.4 Å². The van der Waals surface area contributed by atoms with Crippen molar-refractivity contribution in [1.82, 2.24) is 10.3 Å². The van der Waals surface area contributed by atoms with E-state index in [-0.39, 0.29) is 12.1 Å². The molecule has 1 fully saturated rings. The zero-order chi connectivity index (χ0) is 26.1. The Balaban J connectivity index is 1.24. The molecule has 6 rings (SSSR count). The number of benzene rings is 3. The van der Waals surface area contributed by atoms with Crippen LogP contribution >= 0.6 is 11.6 Å². The molecule has 1 saturated carbocycles. The SMILES string of the molecule is Cc1ccc(N2CCc3c([nH]c4ccc(Cl)cc34)C2c2ccc(OCCC(CNC3CC3)ON)cc2)cc1. The maximum Gasteiger partial charge on any atom is 0.119 e. The minimum Gasteiger partial charge on any atom is -0.493 e. The predicted molar refractivity (Wildman–Crippen MR) is 154 cm³/mol. The Kier molecular flexibility index (Phi) is 7.30. The zero-order valence-corrected chi connectivity index (χ0v) is 22.5. The number of aromatic amines is 1. The van der Waals surface area contributed by atoms with Crippen LogP contribution in [-0.4, -0.2) is 36.8 Å². The third-order valence-corrected chi connectivity index (χ3v) is 8.00. The molecular weight excluding hydrogens is 496 g/mol. The Labute approximate surface area is 229 Å². The lowest BCUT2D eigenvalue weighted by Gasteiger charge is -2.38. The van der Waals surface area contributed by atoms with Crippen LogP contribution in [0.4, 0.5) is 5.69 Å². The lowest BCUT2D eigenvalue weighted by molar-refractivity contribution is 0.0378. The number of nitrogens with zero attached hydrogens (tertiary/aromatic N) is 1. The highest BCUT2D eigenvalue weighted by atomic mass is 35.5. The number of rotatable bonds is 10. The molecule has 2 aliphatic rings. The van der Waals surface area contributed by atoms with E-state index in [4.69, 9.17) is 27.1 Å². The van der Waals surface area contributed by atoms with Crippen molar-refractivity contribution in [2.24, 2.45) is 5.90 Å². The van der Waals surface area contributed by atoms with Gasteiger partial charge in [-0.25, -0.2) is 5.90 Å². The van der Waals surface area contributed by atoms with Crippen LogP contribution < -0.4 is 20.9 Å². The van der Waals surface area contributed by atoms with Crippen LogP contribution in [0, 0.1) is 6.92 Å². The zero-order valence-electron chi connectivity index (χ0n) is 21.8. The second-order valence-corrected chi connectivity index (χ2v) is 11.0. The van der Waals surface area contributed by atoms with Crippen molar-refractivity contribution < 1.29 is 9.57 Å². The number of hydrogen-bond acceptors (Lipinski definition) is 5. The quantitative estimate of drug-likeness (QED) is 0.217. The van der Waals surface area contributed by atoms with E-state index in [1.165, 1.54) is 46.3 Å². The Morgan fingerprint density at radius 2 is 1.87 bits per heavy atom. The monoisotopic (exact) mass is 530 g/mol. The van der Waals surface area contributed by atoms with Crippen molar-refractivity contribution >= 4 is 28.2 Å². The molecular formula is C31H35ClN4O2. The van der Waals surface area contributed by atoms with Crippen molar-refractivity contribution in [1.29, 1.82) is 0 Å². The van der Waals surface area contributed by atoms with Crippen LogP contribution in [0.1, 0.15) is 47.7 Å². The molecule has 1 aromatic heterocycles. The Morgan fingerprint density at radius 3 is 2.61 bits per heavy atom. The van der Waals surface area contributed by atoms with Crippen LogP contribution in [0.25, 0.3) is 10.9 Å². The maximum absolute atomic E-state index is 6.38. The average Bonchev–Trinajstić information content (AvgIpc) is 3.70. The second-order valence-electron chi connectivity index (χ2n) is 10.5. The fourth-order valence-electron chi connectivity index (χ4n) is 5.48. The first kappa shape index (κ1) is 25.3. The molecule has 1 aliphatic carbocycles. The standard InChI is InChI=1S/C31H35ClN4O2/c1-20-2-9-24(10-3-20)36-16-14-27-28-18-22(32)6-13-29(28)35-30(27)31(36)21-4-11-25(12-5-21)37-17-15-26(38-33)19-34-23-7-8-23/h2-6,9-13,18,23,26,31,34-35H,7-8,14-17,19,33H2,1H3. The van der Waals surface area contributed by atoms with E-state index in [0.717, 1.165) is 42.2 Å². The van der Waals surface area contributed by atoms with Gasteiger partial charge in [-0.05, 0) is 79.8 Å². The molecule has 0 saturated heterocycles. The maximum atomic E-state index is 6.38. The van der Waals surface area contributed by atoms with E-state index in [9.17, 15) is 0 Å². The topological polar surface area (TPSA) is 75.5 Å². The second kappa shape index (κ2) is 11.0. The van der Waals surface area contributed by atoms with Crippen LogP contribution in [0.5, 0.6) is 5.75 Å². The lowest BCUT2D eigenvalue weighted by atomic mass is 9.91. The summed E-state index contributed by atoms with van der Waals surface area (Å²) in [4.78, 5) is 11.4. The highest BCUT2D eigenvalue weighted by Crippen LogP contribution is 2.41. The van der Waals surface area contributed by atoms with Gasteiger partial charge < -0.3 is 19.9 Å². The van der Waals surface area contributed by atoms with E-state index < -0.39 is 0 Å². The molecule has 4 aromatic rings. The molecule has 2 unspecified atom stereocenters. The van der Waals surface area contributed by atoms with Gasteiger partial charge in [0, 0.05) is 52.9 Å². The Hall–Kier alpha value is -3.03. The number of nitrogens with two attached hydrogens (primary N) is 1. The van der Waals surface area contributed by atoms with E-state index in [1.54, 1.807) is 0 Å². The molecule has 0 bridgehead atoms. The third kappa shape index (κ3) is 5.40. The Morgan fingerprint density at radius 1 is 1.08 bits per heavy atom. The molecule has 4 N–H and O–H groups in total. The summed E-state index contributed by atoms with van der Waals surface area (Å²) in [5.74, 6) is 6.34. The minimum atomic E-state index is -0.0471. The van der Waals surface area contributed by atoms with Gasteiger partial charge in [-0.2, -0.15) is 0 Å². The number of hydrogen-bond donors (Lipinski definition) is 3. The normalized spacial score (nSPS) is 18.0. The van der Waals surface area contributed by atoms with Gasteiger partial charge in [0.1, 0.15) is 5.75 Å². The molecule has 0 spiro atoms. The fourth-order valence-corrected chi connectivity index (χ4v) is 5.65. The van der Waals surface area contributed by atoms with E-state index in [1.807, 2.05) is 6.07 Å². The summed E-state index contributed by atoms with van der Waals surface area (Å²) in [7, 11) is 0. The summed E-state index contributed by atoms with van der Waals surface area (Å²) in [5, 5.41) is 5.45. The number of ether oxygens (including phenoxy) is 1. The number of anilines is 1. The van der Waals surface area contributed by atoms with Gasteiger partial charge in [0.05, 0.1) is 18.8 Å². The molecule has 2 atom stereocenters. The van der Waals surface area contributed by atoms with Crippen LogP contribution in [0.2, 0.25) is 5.02 Å².